The fourth-order valence-electron chi connectivity index (χ4n) is 3.75. The summed E-state index contributed by atoms with van der Waals surface area (Å²) < 4.78 is 31.5. The van der Waals surface area contributed by atoms with E-state index in [1.165, 1.54) is 29.8 Å². The van der Waals surface area contributed by atoms with Crippen LogP contribution in [0.25, 0.3) is 0 Å². The van der Waals surface area contributed by atoms with E-state index in [9.17, 15) is 13.2 Å². The minimum atomic E-state index is -3.43. The van der Waals surface area contributed by atoms with E-state index in [0.29, 0.717) is 17.9 Å². The lowest BCUT2D eigenvalue weighted by atomic mass is 9.96. The van der Waals surface area contributed by atoms with Crippen molar-refractivity contribution in [2.24, 2.45) is 0 Å². The molecule has 7 heteroatoms. The number of nitrogens with zero attached hydrogens (tertiary/aromatic N) is 1. The summed E-state index contributed by atoms with van der Waals surface area (Å²) in [6.07, 6.45) is 8.86. The van der Waals surface area contributed by atoms with Crippen LogP contribution in [0.1, 0.15) is 51.4 Å². The molecule has 0 saturated heterocycles. The molecule has 2 aliphatic rings. The average Bonchev–Trinajstić information content (AvgIpc) is 2.76. The van der Waals surface area contributed by atoms with Gasteiger partial charge in [0.05, 0.1) is 11.9 Å². The van der Waals surface area contributed by atoms with E-state index in [1.54, 1.807) is 24.3 Å². The van der Waals surface area contributed by atoms with Crippen molar-refractivity contribution in [1.82, 2.24) is 5.32 Å². The third-order valence-corrected chi connectivity index (χ3v) is 6.32. The predicted molar refractivity (Wildman–Crippen MR) is 102 cm³/mol. The van der Waals surface area contributed by atoms with Crippen molar-refractivity contribution in [3.63, 3.8) is 0 Å². The number of para-hydroxylation sites is 2. The van der Waals surface area contributed by atoms with E-state index in [4.69, 9.17) is 4.74 Å². The van der Waals surface area contributed by atoms with Gasteiger partial charge >= 0.3 is 0 Å². The summed E-state index contributed by atoms with van der Waals surface area (Å²) in [5.74, 6) is 0.300. The van der Waals surface area contributed by atoms with E-state index in [0.717, 1.165) is 25.7 Å². The van der Waals surface area contributed by atoms with Crippen LogP contribution in [0.3, 0.4) is 0 Å². The first-order chi connectivity index (χ1) is 12.4. The summed E-state index contributed by atoms with van der Waals surface area (Å²) in [6, 6.07) is 7.18. The summed E-state index contributed by atoms with van der Waals surface area (Å²) >= 11 is 0. The standard InChI is InChI=1S/C19H28N2O4S/c1-26(23,24)21-14-13-18(25-17-12-8-7-11-16(17)21)19(22)20-15-9-5-3-2-4-6-10-15/h7-8,11-12,15,18H,2-6,9-10,13-14H2,1H3,(H,20,22). The van der Waals surface area contributed by atoms with Crippen molar-refractivity contribution < 1.29 is 17.9 Å². The summed E-state index contributed by atoms with van der Waals surface area (Å²) in [7, 11) is -3.43. The van der Waals surface area contributed by atoms with Gasteiger partial charge in [-0.3, -0.25) is 9.10 Å². The largest absolute Gasteiger partial charge is 0.478 e. The zero-order chi connectivity index (χ0) is 18.6. The number of carbonyl (C=O) groups excluding carboxylic acids is 1. The Labute approximate surface area is 156 Å². The molecule has 144 valence electrons. The number of nitrogens with one attached hydrogen (secondary N) is 1. The van der Waals surface area contributed by atoms with Crippen molar-refractivity contribution >= 4 is 21.6 Å². The maximum Gasteiger partial charge on any atom is 0.261 e. The van der Waals surface area contributed by atoms with Gasteiger partial charge in [0.2, 0.25) is 10.0 Å². The van der Waals surface area contributed by atoms with Crippen LogP contribution in [0, 0.1) is 0 Å². The molecule has 1 fully saturated rings. The number of rotatable bonds is 3. The quantitative estimate of drug-likeness (QED) is 0.875. The second-order valence-electron chi connectivity index (χ2n) is 7.25. The smallest absolute Gasteiger partial charge is 0.261 e. The molecule has 26 heavy (non-hydrogen) atoms. The van der Waals surface area contributed by atoms with Gasteiger partial charge in [-0.25, -0.2) is 8.42 Å². The molecule has 1 saturated carbocycles. The molecule has 1 aromatic rings. The molecule has 1 heterocycles. The number of benzene rings is 1. The molecule has 0 aromatic heterocycles. The van der Waals surface area contributed by atoms with E-state index in [1.807, 2.05) is 0 Å². The Kier molecular flexibility index (Phi) is 6.06. The molecule has 0 bridgehead atoms. The fourth-order valence-corrected chi connectivity index (χ4v) is 4.70. The van der Waals surface area contributed by atoms with Crippen molar-refractivity contribution in [1.29, 1.82) is 0 Å². The van der Waals surface area contributed by atoms with Crippen LogP contribution < -0.4 is 14.4 Å². The van der Waals surface area contributed by atoms with Gasteiger partial charge in [-0.15, -0.1) is 0 Å². The number of ether oxygens (including phenoxy) is 1. The number of hydrogen-bond donors (Lipinski definition) is 1. The molecule has 1 N–H and O–H groups in total. The molecule has 1 amide bonds. The molecule has 1 atom stereocenters. The third-order valence-electron chi connectivity index (χ3n) is 5.14. The van der Waals surface area contributed by atoms with Crippen LogP contribution in [-0.2, 0) is 14.8 Å². The van der Waals surface area contributed by atoms with Crippen LogP contribution in [0.15, 0.2) is 24.3 Å². The molecule has 6 nitrogen and oxygen atoms in total. The number of amides is 1. The first kappa shape index (κ1) is 19.0. The van der Waals surface area contributed by atoms with Gasteiger partial charge in [-0.2, -0.15) is 0 Å². The lowest BCUT2D eigenvalue weighted by Crippen LogP contribution is -2.44. The second-order valence-corrected chi connectivity index (χ2v) is 9.16. The number of sulfonamides is 1. The van der Waals surface area contributed by atoms with Crippen molar-refractivity contribution in [2.45, 2.75) is 63.5 Å². The van der Waals surface area contributed by atoms with Crippen LogP contribution in [0.4, 0.5) is 5.69 Å². The zero-order valence-corrected chi connectivity index (χ0v) is 16.1. The molecular weight excluding hydrogens is 352 g/mol. The average molecular weight is 381 g/mol. The first-order valence-corrected chi connectivity index (χ1v) is 11.3. The minimum Gasteiger partial charge on any atom is -0.478 e. The van der Waals surface area contributed by atoms with Crippen LogP contribution in [-0.4, -0.2) is 39.3 Å². The topological polar surface area (TPSA) is 75.7 Å². The second kappa shape index (κ2) is 8.29. The van der Waals surface area contributed by atoms with E-state index < -0.39 is 16.1 Å². The maximum absolute atomic E-state index is 12.8. The Hall–Kier alpha value is -1.76. The first-order valence-electron chi connectivity index (χ1n) is 9.49. The molecule has 3 rings (SSSR count). The highest BCUT2D eigenvalue weighted by molar-refractivity contribution is 7.92. The monoisotopic (exact) mass is 380 g/mol. The van der Waals surface area contributed by atoms with Crippen LogP contribution in [0.5, 0.6) is 5.75 Å². The molecule has 0 radical (unpaired) electrons. The van der Waals surface area contributed by atoms with Gasteiger partial charge in [-0.1, -0.05) is 44.2 Å². The number of anilines is 1. The molecule has 1 aromatic carbocycles. The maximum atomic E-state index is 12.8. The normalized spacial score (nSPS) is 22.3. The Morgan fingerprint density at radius 2 is 1.73 bits per heavy atom. The number of carbonyl (C=O) groups is 1. The van der Waals surface area contributed by atoms with Crippen LogP contribution >= 0.6 is 0 Å². The predicted octanol–water partition coefficient (Wildman–Crippen LogP) is 2.83. The van der Waals surface area contributed by atoms with Gasteiger partial charge in [0.15, 0.2) is 6.10 Å². The summed E-state index contributed by atoms with van der Waals surface area (Å²) in [6.45, 7) is 0.235. The SMILES string of the molecule is CS(=O)(=O)N1CCC(C(=O)NC2CCCCCCC2)Oc2ccccc21. The van der Waals surface area contributed by atoms with Gasteiger partial charge in [0.25, 0.3) is 5.91 Å². The van der Waals surface area contributed by atoms with Gasteiger partial charge in [0, 0.05) is 19.0 Å². The molecule has 1 aliphatic carbocycles. The lowest BCUT2D eigenvalue weighted by Gasteiger charge is -2.24. The number of fused-ring (bicyclic) bond motifs is 1. The summed E-state index contributed by atoms with van der Waals surface area (Å²) in [4.78, 5) is 12.8. The molecule has 1 aliphatic heterocycles. The third kappa shape index (κ3) is 4.69. The summed E-state index contributed by atoms with van der Waals surface area (Å²) in [5, 5.41) is 3.14. The molecule has 0 spiro atoms. The highest BCUT2D eigenvalue weighted by atomic mass is 32.2. The zero-order valence-electron chi connectivity index (χ0n) is 15.3. The van der Waals surface area contributed by atoms with Crippen molar-refractivity contribution in [2.75, 3.05) is 17.1 Å². The highest BCUT2D eigenvalue weighted by Gasteiger charge is 2.31. The van der Waals surface area contributed by atoms with E-state index >= 15 is 0 Å². The summed E-state index contributed by atoms with van der Waals surface area (Å²) in [5.41, 5.74) is 0.497. The Bertz CT molecular complexity index is 727. The van der Waals surface area contributed by atoms with E-state index in [2.05, 4.69) is 5.32 Å². The van der Waals surface area contributed by atoms with Gasteiger partial charge < -0.3 is 10.1 Å². The lowest BCUT2D eigenvalue weighted by molar-refractivity contribution is -0.128. The Morgan fingerprint density at radius 1 is 1.08 bits per heavy atom. The van der Waals surface area contributed by atoms with Gasteiger partial charge in [-0.05, 0) is 25.0 Å². The van der Waals surface area contributed by atoms with Crippen molar-refractivity contribution in [3.05, 3.63) is 24.3 Å². The molecular formula is C19H28N2O4S. The van der Waals surface area contributed by atoms with E-state index in [-0.39, 0.29) is 18.5 Å². The number of hydrogen-bond acceptors (Lipinski definition) is 4. The van der Waals surface area contributed by atoms with Crippen LogP contribution in [0.2, 0.25) is 0 Å². The Morgan fingerprint density at radius 3 is 2.42 bits per heavy atom. The highest BCUT2D eigenvalue weighted by Crippen LogP contribution is 2.33. The molecule has 1 unspecified atom stereocenters. The Balaban J connectivity index is 1.72. The van der Waals surface area contributed by atoms with Gasteiger partial charge in [0.1, 0.15) is 5.75 Å². The van der Waals surface area contributed by atoms with Crippen molar-refractivity contribution in [3.8, 4) is 5.75 Å². The fraction of sp³-hybridized carbons (Fsp3) is 0.632. The minimum absolute atomic E-state index is 0.138.